The lowest BCUT2D eigenvalue weighted by Gasteiger charge is -2.18. The number of benzene rings is 1. The van der Waals surface area contributed by atoms with Crippen molar-refractivity contribution in [2.45, 2.75) is 20.8 Å². The Morgan fingerprint density at radius 2 is 1.91 bits per heavy atom. The number of ketones is 1. The zero-order chi connectivity index (χ0) is 16.1. The molecular formula is C17H23N3O2. The Kier molecular flexibility index (Phi) is 5.33. The lowest BCUT2D eigenvalue weighted by molar-refractivity contribution is -0.121. The lowest BCUT2D eigenvalue weighted by Crippen LogP contribution is -2.39. The summed E-state index contributed by atoms with van der Waals surface area (Å²) in [6.07, 6.45) is 0. The number of nitrogens with one attached hydrogen (secondary N) is 2. The van der Waals surface area contributed by atoms with Gasteiger partial charge in [-0.2, -0.15) is 0 Å². The first-order chi connectivity index (χ1) is 10.6. The van der Waals surface area contributed by atoms with Crippen LogP contribution in [-0.4, -0.2) is 47.8 Å². The minimum Gasteiger partial charge on any atom is -0.358 e. The number of Topliss-reactive ketones (excluding diaryl/α,β-unsaturated/α-hetero) is 1. The van der Waals surface area contributed by atoms with E-state index in [9.17, 15) is 9.59 Å². The number of carbonyl (C=O) groups is 2. The quantitative estimate of drug-likeness (QED) is 0.770. The number of rotatable bonds is 7. The van der Waals surface area contributed by atoms with Gasteiger partial charge in [0.15, 0.2) is 5.78 Å². The van der Waals surface area contributed by atoms with Crippen LogP contribution in [0.25, 0.3) is 10.9 Å². The lowest BCUT2D eigenvalue weighted by atomic mass is 10.1. The van der Waals surface area contributed by atoms with E-state index in [1.165, 1.54) is 0 Å². The third-order valence-electron chi connectivity index (χ3n) is 3.73. The fourth-order valence-corrected chi connectivity index (χ4v) is 2.65. The first-order valence-corrected chi connectivity index (χ1v) is 7.66. The van der Waals surface area contributed by atoms with Gasteiger partial charge in [-0.1, -0.05) is 25.1 Å². The van der Waals surface area contributed by atoms with Crippen molar-refractivity contribution in [2.24, 2.45) is 0 Å². The zero-order valence-electron chi connectivity index (χ0n) is 13.4. The van der Waals surface area contributed by atoms with E-state index in [1.54, 1.807) is 0 Å². The Morgan fingerprint density at radius 1 is 1.18 bits per heavy atom. The highest BCUT2D eigenvalue weighted by molar-refractivity contribution is 6.10. The molecule has 1 heterocycles. The van der Waals surface area contributed by atoms with Crippen molar-refractivity contribution in [3.05, 3.63) is 35.5 Å². The molecule has 5 nitrogen and oxygen atoms in total. The highest BCUT2D eigenvalue weighted by atomic mass is 16.2. The van der Waals surface area contributed by atoms with Gasteiger partial charge in [0.05, 0.1) is 13.1 Å². The van der Waals surface area contributed by atoms with E-state index in [1.807, 2.05) is 49.9 Å². The maximum Gasteiger partial charge on any atom is 0.234 e. The molecule has 0 unspecified atom stereocenters. The molecule has 2 rings (SSSR count). The van der Waals surface area contributed by atoms with Gasteiger partial charge in [-0.05, 0) is 26.5 Å². The zero-order valence-corrected chi connectivity index (χ0v) is 13.4. The van der Waals surface area contributed by atoms with Crippen molar-refractivity contribution in [3.63, 3.8) is 0 Å². The number of aromatic nitrogens is 1. The molecule has 1 amide bonds. The number of aromatic amines is 1. The van der Waals surface area contributed by atoms with Gasteiger partial charge in [-0.3, -0.25) is 14.5 Å². The fourth-order valence-electron chi connectivity index (χ4n) is 2.65. The molecule has 5 heteroatoms. The summed E-state index contributed by atoms with van der Waals surface area (Å²) in [5.74, 6) is -0.00565. The van der Waals surface area contributed by atoms with Gasteiger partial charge in [0.1, 0.15) is 0 Å². The molecule has 0 saturated carbocycles. The standard InChI is InChI=1S/C17H23N3O2/c1-4-18-16(22)11-20(5-2)10-15(21)17-12(3)19-14-9-7-6-8-13(14)17/h6-9,19H,4-5,10-11H2,1-3H3,(H,18,22). The van der Waals surface area contributed by atoms with Crippen LogP contribution in [0.5, 0.6) is 0 Å². The van der Waals surface area contributed by atoms with Gasteiger partial charge in [0, 0.05) is 28.7 Å². The maximum absolute atomic E-state index is 12.7. The molecule has 0 spiro atoms. The summed E-state index contributed by atoms with van der Waals surface area (Å²) in [5.41, 5.74) is 2.57. The second-order valence-electron chi connectivity index (χ2n) is 5.35. The van der Waals surface area contributed by atoms with Crippen LogP contribution in [0.1, 0.15) is 29.9 Å². The number of amides is 1. The molecule has 0 saturated heterocycles. The van der Waals surface area contributed by atoms with E-state index < -0.39 is 0 Å². The van der Waals surface area contributed by atoms with E-state index >= 15 is 0 Å². The Labute approximate surface area is 130 Å². The van der Waals surface area contributed by atoms with Crippen LogP contribution in [0.3, 0.4) is 0 Å². The molecule has 2 N–H and O–H groups in total. The second-order valence-corrected chi connectivity index (χ2v) is 5.35. The Bertz CT molecular complexity index is 676. The molecular weight excluding hydrogens is 278 g/mol. The van der Waals surface area contributed by atoms with E-state index in [2.05, 4.69) is 10.3 Å². The van der Waals surface area contributed by atoms with Crippen molar-refractivity contribution in [1.82, 2.24) is 15.2 Å². The van der Waals surface area contributed by atoms with Crippen LogP contribution in [0.4, 0.5) is 0 Å². The van der Waals surface area contributed by atoms with Crippen LogP contribution in [-0.2, 0) is 4.79 Å². The molecule has 0 aliphatic rings. The van der Waals surface area contributed by atoms with Crippen molar-refractivity contribution < 1.29 is 9.59 Å². The predicted octanol–water partition coefficient (Wildman–Crippen LogP) is 2.12. The fraction of sp³-hybridized carbons (Fsp3) is 0.412. The van der Waals surface area contributed by atoms with Gasteiger partial charge < -0.3 is 10.3 Å². The van der Waals surface area contributed by atoms with Crippen molar-refractivity contribution in [3.8, 4) is 0 Å². The Balaban J connectivity index is 2.16. The first kappa shape index (κ1) is 16.2. The number of nitrogens with zero attached hydrogens (tertiary/aromatic N) is 1. The highest BCUT2D eigenvalue weighted by Crippen LogP contribution is 2.22. The second kappa shape index (κ2) is 7.22. The van der Waals surface area contributed by atoms with Gasteiger partial charge in [0.25, 0.3) is 0 Å². The number of aryl methyl sites for hydroxylation is 1. The molecule has 0 radical (unpaired) electrons. The van der Waals surface area contributed by atoms with Gasteiger partial charge in [-0.25, -0.2) is 0 Å². The number of likely N-dealkylation sites (N-methyl/N-ethyl adjacent to an activating group) is 2. The number of hydrogen-bond acceptors (Lipinski definition) is 3. The molecule has 2 aromatic rings. The smallest absolute Gasteiger partial charge is 0.234 e. The Hall–Kier alpha value is -2.14. The van der Waals surface area contributed by atoms with Gasteiger partial charge in [-0.15, -0.1) is 0 Å². The molecule has 1 aromatic carbocycles. The van der Waals surface area contributed by atoms with E-state index in [0.717, 1.165) is 22.2 Å². The van der Waals surface area contributed by atoms with Crippen LogP contribution in [0.15, 0.2) is 24.3 Å². The predicted molar refractivity (Wildman–Crippen MR) is 88.2 cm³/mol. The molecule has 0 atom stereocenters. The summed E-state index contributed by atoms with van der Waals surface area (Å²) in [6.45, 7) is 7.50. The Morgan fingerprint density at radius 3 is 2.59 bits per heavy atom. The summed E-state index contributed by atoms with van der Waals surface area (Å²) in [7, 11) is 0. The monoisotopic (exact) mass is 301 g/mol. The molecule has 0 fully saturated rings. The van der Waals surface area contributed by atoms with Crippen LogP contribution in [0, 0.1) is 6.92 Å². The minimum atomic E-state index is -0.0483. The van der Waals surface area contributed by atoms with Crippen LogP contribution >= 0.6 is 0 Å². The minimum absolute atomic E-state index is 0.0427. The average Bonchev–Trinajstić information content (AvgIpc) is 2.82. The third kappa shape index (κ3) is 3.54. The summed E-state index contributed by atoms with van der Waals surface area (Å²) in [6, 6.07) is 7.79. The first-order valence-electron chi connectivity index (χ1n) is 7.66. The highest BCUT2D eigenvalue weighted by Gasteiger charge is 2.19. The molecule has 22 heavy (non-hydrogen) atoms. The topological polar surface area (TPSA) is 65.2 Å². The summed E-state index contributed by atoms with van der Waals surface area (Å²) >= 11 is 0. The number of para-hydroxylation sites is 1. The number of fused-ring (bicyclic) bond motifs is 1. The third-order valence-corrected chi connectivity index (χ3v) is 3.73. The van der Waals surface area contributed by atoms with Crippen LogP contribution in [0.2, 0.25) is 0 Å². The molecule has 118 valence electrons. The maximum atomic E-state index is 12.7. The van der Waals surface area contributed by atoms with E-state index in [4.69, 9.17) is 0 Å². The number of H-pyrrole nitrogens is 1. The van der Waals surface area contributed by atoms with Crippen molar-refractivity contribution in [1.29, 1.82) is 0 Å². The molecule has 0 aliphatic heterocycles. The molecule has 1 aromatic heterocycles. The summed E-state index contributed by atoms with van der Waals surface area (Å²) in [4.78, 5) is 29.4. The molecule has 0 aliphatic carbocycles. The van der Waals surface area contributed by atoms with E-state index in [0.29, 0.717) is 13.1 Å². The number of hydrogen-bond donors (Lipinski definition) is 2. The summed E-state index contributed by atoms with van der Waals surface area (Å²) in [5, 5.41) is 3.70. The van der Waals surface area contributed by atoms with Gasteiger partial charge >= 0.3 is 0 Å². The summed E-state index contributed by atoms with van der Waals surface area (Å²) < 4.78 is 0. The van der Waals surface area contributed by atoms with Crippen LogP contribution < -0.4 is 5.32 Å². The largest absolute Gasteiger partial charge is 0.358 e. The normalized spacial score (nSPS) is 11.1. The van der Waals surface area contributed by atoms with Gasteiger partial charge in [0.2, 0.25) is 5.91 Å². The van der Waals surface area contributed by atoms with E-state index in [-0.39, 0.29) is 24.8 Å². The average molecular weight is 301 g/mol. The number of carbonyl (C=O) groups excluding carboxylic acids is 2. The SMILES string of the molecule is CCNC(=O)CN(CC)CC(=O)c1c(C)[nH]c2ccccc12. The molecule has 0 bridgehead atoms. The van der Waals surface area contributed by atoms with Crippen molar-refractivity contribution >= 4 is 22.6 Å². The van der Waals surface area contributed by atoms with Crippen molar-refractivity contribution in [2.75, 3.05) is 26.2 Å².